The van der Waals surface area contributed by atoms with Crippen molar-refractivity contribution in [1.82, 2.24) is 24.8 Å². The number of benzene rings is 3. The predicted molar refractivity (Wildman–Crippen MR) is 273 cm³/mol. The van der Waals surface area contributed by atoms with Gasteiger partial charge in [-0.05, 0) is 138 Å². The number of carbonyl (C=O) groups excluding carboxylic acids is 3. The molecule has 0 aliphatic carbocycles. The lowest BCUT2D eigenvalue weighted by molar-refractivity contribution is -0.142. The number of anilines is 2. The summed E-state index contributed by atoms with van der Waals surface area (Å²) in [7, 11) is 0. The third-order valence-corrected chi connectivity index (χ3v) is 14.5. The number of thiocarbonyl (C=S) groups is 1. The van der Waals surface area contributed by atoms with Crippen molar-refractivity contribution in [2.24, 2.45) is 5.92 Å². The van der Waals surface area contributed by atoms with Crippen LogP contribution in [0.4, 0.5) is 24.5 Å². The molecule has 1 unspecified atom stereocenters. The highest BCUT2D eigenvalue weighted by Gasteiger charge is 2.51. The fraction of sp³-hybridized carbons (Fsp3) is 0.453. The Morgan fingerprint density at radius 3 is 2.31 bits per heavy atom. The SMILES string of the molecule is Cc1ncsc1-c1ccc([C@H](C)NC(=O)[C@@H]2C[C@@H](O)CN2C(=O)C(C(C)C)n2cnc(CCCCOCCCCCOc3ccc(N4C(=S)N(c5ccc(C#N)c(C(F)(F)F)c5)C(=O)C4(C)C)cc3)c2)cc1. The molecule has 2 fully saturated rings. The van der Waals surface area contributed by atoms with Crippen LogP contribution >= 0.6 is 23.6 Å². The molecule has 2 aromatic heterocycles. The number of aryl methyl sites for hydroxylation is 2. The number of rotatable bonds is 21. The van der Waals surface area contributed by atoms with E-state index in [9.17, 15) is 37.9 Å². The number of hydrogen-bond acceptors (Lipinski definition) is 11. The molecule has 14 nitrogen and oxygen atoms in total. The number of aromatic nitrogens is 3. The molecule has 3 amide bonds. The first-order valence-corrected chi connectivity index (χ1v) is 25.5. The molecule has 0 bridgehead atoms. The number of unbranched alkanes of at least 4 members (excludes halogenated alkanes) is 3. The van der Waals surface area contributed by atoms with Crippen molar-refractivity contribution in [3.05, 3.63) is 113 Å². The van der Waals surface area contributed by atoms with E-state index in [-0.39, 0.29) is 47.5 Å². The summed E-state index contributed by atoms with van der Waals surface area (Å²) in [4.78, 5) is 55.7. The Kier molecular flexibility index (Phi) is 17.2. The van der Waals surface area contributed by atoms with Gasteiger partial charge in [-0.25, -0.2) is 9.97 Å². The summed E-state index contributed by atoms with van der Waals surface area (Å²) in [5.41, 5.74) is 3.27. The van der Waals surface area contributed by atoms with E-state index in [0.29, 0.717) is 37.7 Å². The van der Waals surface area contributed by atoms with E-state index in [4.69, 9.17) is 21.7 Å². The minimum absolute atomic E-state index is 0.0164. The van der Waals surface area contributed by atoms with Crippen molar-refractivity contribution in [1.29, 1.82) is 5.26 Å². The average molecular weight is 1030 g/mol. The molecule has 2 aliphatic rings. The van der Waals surface area contributed by atoms with E-state index in [1.807, 2.05) is 68.2 Å². The minimum atomic E-state index is -4.79. The Hall–Kier alpha value is -6.20. The molecule has 0 radical (unpaired) electrons. The fourth-order valence-corrected chi connectivity index (χ4v) is 10.6. The van der Waals surface area contributed by atoms with Crippen molar-refractivity contribution < 1.29 is 42.1 Å². The van der Waals surface area contributed by atoms with E-state index >= 15 is 0 Å². The van der Waals surface area contributed by atoms with Crippen LogP contribution in [-0.4, -0.2) is 91.4 Å². The van der Waals surface area contributed by atoms with Gasteiger partial charge in [-0.3, -0.25) is 19.3 Å². The Balaban J connectivity index is 0.796. The van der Waals surface area contributed by atoms with Crippen molar-refractivity contribution in [3.63, 3.8) is 0 Å². The number of nitriles is 1. The molecule has 382 valence electrons. The highest BCUT2D eigenvalue weighted by atomic mass is 32.1. The molecule has 4 heterocycles. The van der Waals surface area contributed by atoms with E-state index in [1.165, 1.54) is 11.0 Å². The lowest BCUT2D eigenvalue weighted by Gasteiger charge is -2.31. The van der Waals surface area contributed by atoms with Crippen LogP contribution in [0.25, 0.3) is 10.4 Å². The first-order chi connectivity index (χ1) is 34.3. The largest absolute Gasteiger partial charge is 0.494 e. The van der Waals surface area contributed by atoms with E-state index < -0.39 is 46.9 Å². The maximum Gasteiger partial charge on any atom is 0.417 e. The standard InChI is InChI=1S/C53H61F3N8O6S2/c1-33(2)46(49(67)62-30-42(65)27-45(62)48(66)60-34(3)36-13-15-37(16-14-36)47-35(4)59-32-72-47)61-29-39(58-31-61)12-8-11-24-69-23-9-7-10-25-70-43-21-19-40(20-22-43)64-51(71)63(50(68)52(64,5)6)41-18-17-38(28-57)44(26-41)53(54,55)56/h13-22,26,29,31-34,42,45-46,65H,7-12,23-25,27,30H2,1-6H3,(H,60,66)/t34-,42+,45-,46?/m0/s1. The van der Waals surface area contributed by atoms with E-state index in [1.54, 1.807) is 66.7 Å². The highest BCUT2D eigenvalue weighted by molar-refractivity contribution is 7.81. The average Bonchev–Trinajstić information content (AvgIpc) is 4.13. The lowest BCUT2D eigenvalue weighted by Crippen LogP contribution is -2.49. The van der Waals surface area contributed by atoms with Crippen LogP contribution < -0.4 is 19.9 Å². The Morgan fingerprint density at radius 2 is 1.65 bits per heavy atom. The number of thiazole rings is 1. The molecule has 2 saturated heterocycles. The molecule has 3 aromatic carbocycles. The maximum atomic E-state index is 14.2. The lowest BCUT2D eigenvalue weighted by atomic mass is 10.0. The van der Waals surface area contributed by atoms with Crippen LogP contribution in [0, 0.1) is 24.2 Å². The molecule has 72 heavy (non-hydrogen) atoms. The van der Waals surface area contributed by atoms with Crippen LogP contribution in [0.1, 0.15) is 113 Å². The molecule has 2 N–H and O–H groups in total. The fourth-order valence-electron chi connectivity index (χ4n) is 9.22. The second-order valence-electron chi connectivity index (χ2n) is 19.1. The normalized spacial score (nSPS) is 17.7. The van der Waals surface area contributed by atoms with Gasteiger partial charge in [0.15, 0.2) is 5.11 Å². The van der Waals surface area contributed by atoms with Crippen molar-refractivity contribution in [2.45, 2.75) is 122 Å². The monoisotopic (exact) mass is 1030 g/mol. The van der Waals surface area contributed by atoms with Crippen molar-refractivity contribution in [2.75, 3.05) is 36.2 Å². The van der Waals surface area contributed by atoms with Crippen LogP contribution in [0.2, 0.25) is 0 Å². The number of β-amino-alcohol motifs (C(OH)–C–C–N with tert-alkyl or cyclic N) is 1. The number of amides is 3. The van der Waals surface area contributed by atoms with Gasteiger partial charge in [0.1, 0.15) is 23.4 Å². The summed E-state index contributed by atoms with van der Waals surface area (Å²) < 4.78 is 54.8. The highest BCUT2D eigenvalue weighted by Crippen LogP contribution is 2.40. The molecular formula is C53H61F3N8O6S2. The second-order valence-corrected chi connectivity index (χ2v) is 20.4. The Bertz CT molecular complexity index is 2750. The zero-order chi connectivity index (χ0) is 51.9. The molecule has 0 spiro atoms. The molecule has 7 rings (SSSR count). The molecule has 4 atom stereocenters. The number of imidazole rings is 1. The van der Waals surface area contributed by atoms with Crippen LogP contribution in [0.3, 0.4) is 0 Å². The van der Waals surface area contributed by atoms with E-state index in [0.717, 1.165) is 76.5 Å². The number of nitrogens with one attached hydrogen (secondary N) is 1. The number of hydrogen-bond donors (Lipinski definition) is 2. The summed E-state index contributed by atoms with van der Waals surface area (Å²) in [5, 5.41) is 23.0. The number of halogens is 3. The third kappa shape index (κ3) is 12.2. The number of likely N-dealkylation sites (tertiary alicyclic amines) is 1. The van der Waals surface area contributed by atoms with Gasteiger partial charge in [0.25, 0.3) is 5.91 Å². The molecule has 2 aliphatic heterocycles. The Labute approximate surface area is 427 Å². The van der Waals surface area contributed by atoms with Crippen LogP contribution in [0.15, 0.2) is 84.8 Å². The molecular weight excluding hydrogens is 966 g/mol. The van der Waals surface area contributed by atoms with Gasteiger partial charge in [0.2, 0.25) is 11.8 Å². The zero-order valence-corrected chi connectivity index (χ0v) is 43.0. The van der Waals surface area contributed by atoms with Gasteiger partial charge in [0.05, 0.1) is 69.7 Å². The number of nitrogens with zero attached hydrogens (tertiary/aromatic N) is 7. The third-order valence-electron chi connectivity index (χ3n) is 13.1. The van der Waals surface area contributed by atoms with Crippen LogP contribution in [0.5, 0.6) is 5.75 Å². The summed E-state index contributed by atoms with van der Waals surface area (Å²) in [6.07, 6.45) is 3.13. The predicted octanol–water partition coefficient (Wildman–Crippen LogP) is 9.75. The number of carbonyl (C=O) groups is 3. The van der Waals surface area contributed by atoms with Gasteiger partial charge >= 0.3 is 6.18 Å². The summed E-state index contributed by atoms with van der Waals surface area (Å²) in [6, 6.07) is 18.0. The van der Waals surface area contributed by atoms with E-state index in [2.05, 4.69) is 15.3 Å². The van der Waals surface area contributed by atoms with Gasteiger partial charge < -0.3 is 34.3 Å². The summed E-state index contributed by atoms with van der Waals surface area (Å²) in [6.45, 7) is 12.9. The van der Waals surface area contributed by atoms with Crippen LogP contribution in [-0.2, 0) is 31.7 Å². The minimum Gasteiger partial charge on any atom is -0.494 e. The number of ether oxygens (including phenoxy) is 2. The second kappa shape index (κ2) is 23.1. The smallest absolute Gasteiger partial charge is 0.417 e. The first kappa shape index (κ1) is 53.6. The zero-order valence-electron chi connectivity index (χ0n) is 41.3. The number of aliphatic hydroxyl groups is 1. The Morgan fingerprint density at radius 1 is 0.972 bits per heavy atom. The quantitative estimate of drug-likeness (QED) is 0.0531. The van der Waals surface area contributed by atoms with Crippen molar-refractivity contribution >= 4 is 57.8 Å². The molecule has 0 saturated carbocycles. The van der Waals surface area contributed by atoms with Gasteiger partial charge in [0, 0.05) is 38.1 Å². The number of alkyl halides is 3. The maximum absolute atomic E-state index is 14.2. The summed E-state index contributed by atoms with van der Waals surface area (Å²) in [5.74, 6) is -0.507. The molecule has 5 aromatic rings. The van der Waals surface area contributed by atoms with Gasteiger partial charge in [-0.15, -0.1) is 11.3 Å². The molecule has 19 heteroatoms. The summed E-state index contributed by atoms with van der Waals surface area (Å²) >= 11 is 7.23. The first-order valence-electron chi connectivity index (χ1n) is 24.2. The topological polar surface area (TPSA) is 166 Å². The van der Waals surface area contributed by atoms with Crippen molar-refractivity contribution in [3.8, 4) is 22.3 Å². The van der Waals surface area contributed by atoms with Gasteiger partial charge in [-0.1, -0.05) is 38.1 Å². The number of aliphatic hydroxyl groups excluding tert-OH is 1. The van der Waals surface area contributed by atoms with Gasteiger partial charge in [-0.2, -0.15) is 18.4 Å².